The van der Waals surface area contributed by atoms with Crippen LogP contribution in [0.25, 0.3) is 6.08 Å². The minimum Gasteiger partial charge on any atom is -0.496 e. The summed E-state index contributed by atoms with van der Waals surface area (Å²) in [6.07, 6.45) is 3.21. The van der Waals surface area contributed by atoms with Crippen molar-refractivity contribution >= 4 is 12.0 Å². The van der Waals surface area contributed by atoms with E-state index in [9.17, 15) is 4.79 Å². The van der Waals surface area contributed by atoms with Gasteiger partial charge in [0.25, 0.3) is 0 Å². The molecular weight excluding hydrogens is 306 g/mol. The average Bonchev–Trinajstić information content (AvgIpc) is 2.64. The van der Waals surface area contributed by atoms with Gasteiger partial charge in [-0.25, -0.2) is 0 Å². The molecule has 0 radical (unpaired) electrons. The van der Waals surface area contributed by atoms with Gasteiger partial charge in [0.15, 0.2) is 11.5 Å². The Morgan fingerprint density at radius 2 is 1.67 bits per heavy atom. The molecule has 1 amide bonds. The van der Waals surface area contributed by atoms with E-state index in [0.717, 1.165) is 16.9 Å². The van der Waals surface area contributed by atoms with Crippen molar-refractivity contribution in [1.29, 1.82) is 0 Å². The number of amides is 1. The van der Waals surface area contributed by atoms with E-state index in [1.54, 1.807) is 27.4 Å². The lowest BCUT2D eigenvalue weighted by atomic mass is 10.2. The third-order valence-corrected chi connectivity index (χ3v) is 3.47. The molecule has 0 saturated carbocycles. The third-order valence-electron chi connectivity index (χ3n) is 3.47. The molecule has 24 heavy (non-hydrogen) atoms. The number of hydrogen-bond donors (Lipinski definition) is 1. The Morgan fingerprint density at radius 3 is 2.38 bits per heavy atom. The fraction of sp³-hybridized carbons (Fsp3) is 0.211. The first-order valence-electron chi connectivity index (χ1n) is 7.47. The van der Waals surface area contributed by atoms with Gasteiger partial charge < -0.3 is 19.5 Å². The molecular formula is C19H21NO4. The second-order valence-electron chi connectivity index (χ2n) is 4.98. The lowest BCUT2D eigenvalue weighted by Gasteiger charge is -2.09. The van der Waals surface area contributed by atoms with E-state index in [4.69, 9.17) is 14.2 Å². The Morgan fingerprint density at radius 1 is 0.958 bits per heavy atom. The van der Waals surface area contributed by atoms with Gasteiger partial charge in [-0.1, -0.05) is 24.3 Å². The zero-order chi connectivity index (χ0) is 17.4. The molecule has 2 aromatic carbocycles. The maximum Gasteiger partial charge on any atom is 0.244 e. The second kappa shape index (κ2) is 8.62. The molecule has 2 rings (SSSR count). The van der Waals surface area contributed by atoms with Gasteiger partial charge >= 0.3 is 0 Å². The Labute approximate surface area is 141 Å². The van der Waals surface area contributed by atoms with E-state index in [-0.39, 0.29) is 5.91 Å². The highest BCUT2D eigenvalue weighted by molar-refractivity contribution is 5.92. The quantitative estimate of drug-likeness (QED) is 0.794. The van der Waals surface area contributed by atoms with Crippen molar-refractivity contribution in [3.05, 3.63) is 59.7 Å². The van der Waals surface area contributed by atoms with Crippen LogP contribution in [-0.2, 0) is 11.3 Å². The van der Waals surface area contributed by atoms with Crippen LogP contribution in [0, 0.1) is 0 Å². The summed E-state index contributed by atoms with van der Waals surface area (Å²) < 4.78 is 15.7. The molecule has 0 bridgehead atoms. The van der Waals surface area contributed by atoms with Crippen LogP contribution in [0.2, 0.25) is 0 Å². The fourth-order valence-corrected chi connectivity index (χ4v) is 2.21. The maximum atomic E-state index is 12.0. The van der Waals surface area contributed by atoms with Crippen LogP contribution in [-0.4, -0.2) is 27.2 Å². The highest BCUT2D eigenvalue weighted by Gasteiger charge is 2.05. The first-order chi connectivity index (χ1) is 11.7. The number of methoxy groups -OCH3 is 3. The monoisotopic (exact) mass is 327 g/mol. The first-order valence-corrected chi connectivity index (χ1v) is 7.47. The van der Waals surface area contributed by atoms with Gasteiger partial charge in [0.05, 0.1) is 21.3 Å². The zero-order valence-electron chi connectivity index (χ0n) is 14.0. The Kier molecular flexibility index (Phi) is 6.25. The minimum atomic E-state index is -0.185. The molecule has 5 heteroatoms. The number of benzene rings is 2. The largest absolute Gasteiger partial charge is 0.496 e. The molecule has 126 valence electrons. The van der Waals surface area contributed by atoms with Crippen LogP contribution in [0.5, 0.6) is 17.2 Å². The van der Waals surface area contributed by atoms with E-state index >= 15 is 0 Å². The summed E-state index contributed by atoms with van der Waals surface area (Å²) in [6, 6.07) is 13.0. The molecule has 0 heterocycles. The van der Waals surface area contributed by atoms with Crippen LogP contribution in [0.3, 0.4) is 0 Å². The summed E-state index contributed by atoms with van der Waals surface area (Å²) in [5.74, 6) is 1.83. The first kappa shape index (κ1) is 17.4. The third kappa shape index (κ3) is 4.52. The molecule has 0 aliphatic heterocycles. The molecule has 0 spiro atoms. The van der Waals surface area contributed by atoms with E-state index in [1.807, 2.05) is 42.5 Å². The molecule has 0 unspecified atom stereocenters. The maximum absolute atomic E-state index is 12.0. The summed E-state index contributed by atoms with van der Waals surface area (Å²) in [5.41, 5.74) is 1.77. The SMILES string of the molecule is COc1ccccc1C=CC(=O)NCc1ccc(OC)c(OC)c1. The molecule has 0 aliphatic rings. The molecule has 0 saturated heterocycles. The Bertz CT molecular complexity index is 725. The normalized spacial score (nSPS) is 10.5. The highest BCUT2D eigenvalue weighted by atomic mass is 16.5. The van der Waals surface area contributed by atoms with Crippen molar-refractivity contribution < 1.29 is 19.0 Å². The van der Waals surface area contributed by atoms with Crippen molar-refractivity contribution in [3.63, 3.8) is 0 Å². The van der Waals surface area contributed by atoms with Gasteiger partial charge in [-0.2, -0.15) is 0 Å². The van der Waals surface area contributed by atoms with Gasteiger partial charge in [-0.05, 0) is 29.8 Å². The number of nitrogens with one attached hydrogen (secondary N) is 1. The Hall–Kier alpha value is -2.95. The van der Waals surface area contributed by atoms with E-state index in [0.29, 0.717) is 18.0 Å². The molecule has 0 fully saturated rings. The number of ether oxygens (including phenoxy) is 3. The predicted octanol–water partition coefficient (Wildman–Crippen LogP) is 3.04. The summed E-state index contributed by atoms with van der Waals surface area (Å²) in [6.45, 7) is 0.398. The van der Waals surface area contributed by atoms with Gasteiger partial charge in [-0.15, -0.1) is 0 Å². The van der Waals surface area contributed by atoms with Crippen molar-refractivity contribution in [2.24, 2.45) is 0 Å². The molecule has 1 N–H and O–H groups in total. The summed E-state index contributed by atoms with van der Waals surface area (Å²) in [5, 5.41) is 2.83. The lowest BCUT2D eigenvalue weighted by molar-refractivity contribution is -0.116. The molecule has 5 nitrogen and oxygen atoms in total. The van der Waals surface area contributed by atoms with Crippen LogP contribution in [0.15, 0.2) is 48.5 Å². The lowest BCUT2D eigenvalue weighted by Crippen LogP contribution is -2.20. The number of rotatable bonds is 7. The van der Waals surface area contributed by atoms with Crippen molar-refractivity contribution in [3.8, 4) is 17.2 Å². The van der Waals surface area contributed by atoms with Gasteiger partial charge in [-0.3, -0.25) is 4.79 Å². The smallest absolute Gasteiger partial charge is 0.244 e. The average molecular weight is 327 g/mol. The van der Waals surface area contributed by atoms with Crippen molar-refractivity contribution in [2.75, 3.05) is 21.3 Å². The van der Waals surface area contributed by atoms with Gasteiger partial charge in [0.2, 0.25) is 5.91 Å². The number of carbonyl (C=O) groups is 1. The van der Waals surface area contributed by atoms with E-state index < -0.39 is 0 Å². The Balaban J connectivity index is 1.97. The van der Waals surface area contributed by atoms with Gasteiger partial charge in [0, 0.05) is 18.2 Å². The highest BCUT2D eigenvalue weighted by Crippen LogP contribution is 2.27. The zero-order valence-corrected chi connectivity index (χ0v) is 14.0. The number of hydrogen-bond acceptors (Lipinski definition) is 4. The standard InChI is InChI=1S/C19H21NO4/c1-22-16-7-5-4-6-15(16)9-11-19(21)20-13-14-8-10-17(23-2)18(12-14)24-3/h4-12H,13H2,1-3H3,(H,20,21). The number of para-hydroxylation sites is 1. The topological polar surface area (TPSA) is 56.8 Å². The summed E-state index contributed by atoms with van der Waals surface area (Å²) >= 11 is 0. The summed E-state index contributed by atoms with van der Waals surface area (Å²) in [7, 11) is 4.77. The van der Waals surface area contributed by atoms with Gasteiger partial charge in [0.1, 0.15) is 5.75 Å². The fourth-order valence-electron chi connectivity index (χ4n) is 2.21. The van der Waals surface area contributed by atoms with Crippen molar-refractivity contribution in [2.45, 2.75) is 6.54 Å². The van der Waals surface area contributed by atoms with Crippen LogP contribution in [0.1, 0.15) is 11.1 Å². The van der Waals surface area contributed by atoms with E-state index in [2.05, 4.69) is 5.32 Å². The molecule has 0 aliphatic carbocycles. The summed E-state index contributed by atoms with van der Waals surface area (Å²) in [4.78, 5) is 12.0. The number of carbonyl (C=O) groups excluding carboxylic acids is 1. The van der Waals surface area contributed by atoms with Crippen LogP contribution >= 0.6 is 0 Å². The van der Waals surface area contributed by atoms with E-state index in [1.165, 1.54) is 6.08 Å². The molecule has 0 aromatic heterocycles. The second-order valence-corrected chi connectivity index (χ2v) is 4.98. The molecule has 2 aromatic rings. The minimum absolute atomic E-state index is 0.185. The van der Waals surface area contributed by atoms with Crippen LogP contribution < -0.4 is 19.5 Å². The molecule has 0 atom stereocenters. The predicted molar refractivity (Wildman–Crippen MR) is 93.4 cm³/mol. The van der Waals surface area contributed by atoms with Crippen molar-refractivity contribution in [1.82, 2.24) is 5.32 Å². The van der Waals surface area contributed by atoms with Crippen LogP contribution in [0.4, 0.5) is 0 Å².